The molecule has 0 bridgehead atoms. The number of thiophene rings is 1. The van der Waals surface area contributed by atoms with Crippen molar-refractivity contribution in [1.82, 2.24) is 10.3 Å². The Morgan fingerprint density at radius 2 is 1.81 bits per heavy atom. The number of carbonyl (C=O) groups excluding carboxylic acids is 2. The molecule has 7 nitrogen and oxygen atoms in total. The lowest BCUT2D eigenvalue weighted by Gasteiger charge is -2.14. The molecule has 1 aromatic carbocycles. The molecule has 0 saturated carbocycles. The smallest absolute Gasteiger partial charge is 0.169 e. The molecule has 0 radical (unpaired) electrons. The van der Waals surface area contributed by atoms with Crippen molar-refractivity contribution in [2.75, 3.05) is 20.6 Å². The predicted molar refractivity (Wildman–Crippen MR) is 178 cm³/mol. The minimum absolute atomic E-state index is 0.0121. The van der Waals surface area contributed by atoms with E-state index in [4.69, 9.17) is 5.73 Å². The molecule has 0 fully saturated rings. The van der Waals surface area contributed by atoms with Gasteiger partial charge < -0.3 is 16.2 Å². The number of aliphatic imine (C=N–C) groups is 1. The number of allylic oxidation sites excluding steroid dienone is 2. The molecule has 2 aromatic heterocycles. The van der Waals surface area contributed by atoms with Crippen LogP contribution in [0.25, 0.3) is 5.70 Å². The summed E-state index contributed by atoms with van der Waals surface area (Å²) in [6.07, 6.45) is 10.7. The second kappa shape index (κ2) is 20.1. The molecule has 3 aromatic rings. The molecule has 0 saturated heterocycles. The highest BCUT2D eigenvalue weighted by Crippen LogP contribution is 2.26. The maximum Gasteiger partial charge on any atom is 0.169 e. The van der Waals surface area contributed by atoms with E-state index in [-0.39, 0.29) is 17.5 Å². The minimum Gasteiger partial charge on any atom is -0.509 e. The van der Waals surface area contributed by atoms with Crippen molar-refractivity contribution in [3.63, 3.8) is 0 Å². The van der Waals surface area contributed by atoms with Crippen molar-refractivity contribution in [3.8, 4) is 0 Å². The highest BCUT2D eigenvalue weighted by atomic mass is 32.1. The Labute approximate surface area is 255 Å². The van der Waals surface area contributed by atoms with E-state index in [0.29, 0.717) is 15.5 Å². The molecule has 226 valence electrons. The highest BCUT2D eigenvalue weighted by Gasteiger charge is 2.17. The molecule has 0 aliphatic heterocycles. The number of benzene rings is 1. The third kappa shape index (κ3) is 12.3. The average molecular weight is 591 g/mol. The van der Waals surface area contributed by atoms with E-state index in [2.05, 4.69) is 34.0 Å². The van der Waals surface area contributed by atoms with Gasteiger partial charge in [-0.3, -0.25) is 19.6 Å². The number of aryl methyl sites for hydroxylation is 2. The van der Waals surface area contributed by atoms with E-state index < -0.39 is 0 Å². The predicted octanol–water partition coefficient (Wildman–Crippen LogP) is 6.89. The summed E-state index contributed by atoms with van der Waals surface area (Å²) < 4.78 is 0. The van der Waals surface area contributed by atoms with Crippen LogP contribution >= 0.6 is 11.3 Å². The number of pyridine rings is 1. The maximum absolute atomic E-state index is 10.7. The van der Waals surface area contributed by atoms with E-state index in [1.165, 1.54) is 41.4 Å². The lowest BCUT2D eigenvalue weighted by atomic mass is 9.98. The van der Waals surface area contributed by atoms with E-state index in [1.807, 2.05) is 58.4 Å². The van der Waals surface area contributed by atoms with Crippen LogP contribution < -0.4 is 11.1 Å². The van der Waals surface area contributed by atoms with Gasteiger partial charge in [0.05, 0.1) is 21.4 Å². The van der Waals surface area contributed by atoms with Crippen LogP contribution in [0.3, 0.4) is 0 Å². The van der Waals surface area contributed by atoms with Crippen LogP contribution in [0.2, 0.25) is 0 Å². The zero-order valence-corrected chi connectivity index (χ0v) is 26.6. The summed E-state index contributed by atoms with van der Waals surface area (Å²) in [5.41, 5.74) is 12.5. The fourth-order valence-electron chi connectivity index (χ4n) is 3.94. The number of aliphatic hydroxyl groups is 1. The van der Waals surface area contributed by atoms with Gasteiger partial charge in [0.15, 0.2) is 12.1 Å². The van der Waals surface area contributed by atoms with Gasteiger partial charge >= 0.3 is 0 Å². The second-order valence-electron chi connectivity index (χ2n) is 9.72. The van der Waals surface area contributed by atoms with E-state index in [1.54, 1.807) is 25.3 Å². The molecule has 2 heterocycles. The van der Waals surface area contributed by atoms with Crippen molar-refractivity contribution >= 4 is 34.8 Å². The zero-order chi connectivity index (χ0) is 31.5. The molecular weight excluding hydrogens is 544 g/mol. The van der Waals surface area contributed by atoms with Crippen LogP contribution in [0.5, 0.6) is 0 Å². The third-order valence-electron chi connectivity index (χ3n) is 6.58. The van der Waals surface area contributed by atoms with Gasteiger partial charge in [0.25, 0.3) is 0 Å². The SMILES string of the molecule is C=CC.CC(=O)c1ccc(C=O)s1.CN=C(C)[C@@H](C)/C(O)=C(\N)c1ccc2c(c1)CCC2.CNCCc1ccncc1. The van der Waals surface area contributed by atoms with Gasteiger partial charge in [0, 0.05) is 30.7 Å². The molecule has 42 heavy (non-hydrogen) atoms. The highest BCUT2D eigenvalue weighted by molar-refractivity contribution is 7.15. The van der Waals surface area contributed by atoms with E-state index in [0.717, 1.165) is 43.4 Å². The van der Waals surface area contributed by atoms with E-state index in [9.17, 15) is 14.7 Å². The Hall–Kier alpha value is -3.88. The van der Waals surface area contributed by atoms with Gasteiger partial charge in [0.1, 0.15) is 5.76 Å². The molecule has 1 atom stereocenters. The first-order valence-corrected chi connectivity index (χ1v) is 14.8. The van der Waals surface area contributed by atoms with Crippen LogP contribution in [0.1, 0.15) is 75.7 Å². The first kappa shape index (κ1) is 36.1. The quantitative estimate of drug-likeness (QED) is 0.0865. The van der Waals surface area contributed by atoms with Crippen LogP contribution in [0.4, 0.5) is 0 Å². The third-order valence-corrected chi connectivity index (χ3v) is 7.69. The fraction of sp³-hybridized carbons (Fsp3) is 0.353. The number of aldehydes is 1. The van der Waals surface area contributed by atoms with Gasteiger partial charge in [-0.05, 0) is 114 Å². The van der Waals surface area contributed by atoms with Gasteiger partial charge in [0.2, 0.25) is 0 Å². The Morgan fingerprint density at radius 3 is 2.33 bits per heavy atom. The van der Waals surface area contributed by atoms with Crippen molar-refractivity contribution in [2.24, 2.45) is 16.6 Å². The number of ketones is 1. The van der Waals surface area contributed by atoms with Crippen molar-refractivity contribution in [2.45, 2.75) is 53.4 Å². The van der Waals surface area contributed by atoms with Crippen molar-refractivity contribution < 1.29 is 14.7 Å². The first-order valence-electron chi connectivity index (χ1n) is 14.0. The number of nitrogens with one attached hydrogen (secondary N) is 1. The van der Waals surface area contributed by atoms with Gasteiger partial charge in [-0.2, -0.15) is 0 Å². The molecular formula is C34H46N4O3S. The molecule has 0 spiro atoms. The molecule has 0 unspecified atom stereocenters. The molecule has 8 heteroatoms. The number of fused-ring (bicyclic) bond motifs is 1. The second-order valence-corrected chi connectivity index (χ2v) is 10.8. The summed E-state index contributed by atoms with van der Waals surface area (Å²) in [6, 6.07) is 13.6. The number of Topliss-reactive ketones (excluding diaryl/α,β-unsaturated/α-hetero) is 1. The van der Waals surface area contributed by atoms with Crippen LogP contribution in [-0.4, -0.2) is 48.5 Å². The molecule has 4 N–H and O–H groups in total. The van der Waals surface area contributed by atoms with Crippen LogP contribution in [0.15, 0.2) is 78.3 Å². The Morgan fingerprint density at radius 1 is 1.17 bits per heavy atom. The number of hydrogen-bond donors (Lipinski definition) is 3. The summed E-state index contributed by atoms with van der Waals surface area (Å²) in [4.78, 5) is 30.1. The maximum atomic E-state index is 10.7. The number of carbonyl (C=O) groups is 2. The normalized spacial score (nSPS) is 13.0. The number of aromatic nitrogens is 1. The lowest BCUT2D eigenvalue weighted by Crippen LogP contribution is -2.14. The molecule has 4 rings (SSSR count). The minimum atomic E-state index is -0.141. The average Bonchev–Trinajstić information content (AvgIpc) is 3.70. The Balaban J connectivity index is 0.000000325. The lowest BCUT2D eigenvalue weighted by molar-refractivity contribution is 0.102. The van der Waals surface area contributed by atoms with Gasteiger partial charge in [-0.25, -0.2) is 0 Å². The van der Waals surface area contributed by atoms with Crippen molar-refractivity contribution in [1.29, 1.82) is 0 Å². The number of rotatable bonds is 8. The number of aliphatic hydroxyl groups excluding tert-OH is 1. The standard InChI is InChI=1S/C16H22N2O.C8H12N2.C7H6O2S.C3H6/c1-10(11(2)18-3)16(19)15(17)14-8-7-12-5-4-6-13(12)9-14;1-9-5-2-8-3-6-10-7-4-8;1-5(9)7-3-2-6(4-8)10-7;1-3-2/h7-10,19H,4-6,17H2,1-3H3;3-4,6-7,9H,2,5H2,1H3;2-4H,1H3;3H,1H2,2H3/b16-15+,18-11?;;;/t10-;;;/m1.../s1. The Kier molecular flexibility index (Phi) is 17.3. The summed E-state index contributed by atoms with van der Waals surface area (Å²) in [5, 5.41) is 13.4. The van der Waals surface area contributed by atoms with Crippen molar-refractivity contribution in [3.05, 3.63) is 105 Å². The molecule has 1 aliphatic rings. The summed E-state index contributed by atoms with van der Waals surface area (Å²) in [6.45, 7) is 11.6. The van der Waals surface area contributed by atoms with Crippen LogP contribution in [0, 0.1) is 5.92 Å². The largest absolute Gasteiger partial charge is 0.509 e. The zero-order valence-electron chi connectivity index (χ0n) is 25.8. The summed E-state index contributed by atoms with van der Waals surface area (Å²) in [5.74, 6) is 0.0809. The topological polar surface area (TPSA) is 118 Å². The molecule has 0 amide bonds. The monoisotopic (exact) mass is 590 g/mol. The van der Waals surface area contributed by atoms with E-state index >= 15 is 0 Å². The fourth-order valence-corrected chi connectivity index (χ4v) is 4.65. The number of nitrogens with zero attached hydrogens (tertiary/aromatic N) is 2. The van der Waals surface area contributed by atoms with Crippen LogP contribution in [-0.2, 0) is 19.3 Å². The van der Waals surface area contributed by atoms with Gasteiger partial charge in [-0.1, -0.05) is 18.2 Å². The van der Waals surface area contributed by atoms with Gasteiger partial charge in [-0.15, -0.1) is 17.9 Å². The number of hydrogen-bond acceptors (Lipinski definition) is 8. The number of likely N-dealkylation sites (N-methyl/N-ethyl adjacent to an activating group) is 1. The number of nitrogens with two attached hydrogens (primary N) is 1. The molecule has 1 aliphatic carbocycles. The first-order chi connectivity index (χ1) is 20.1. The Bertz CT molecular complexity index is 1330. The summed E-state index contributed by atoms with van der Waals surface area (Å²) >= 11 is 1.22. The summed E-state index contributed by atoms with van der Waals surface area (Å²) in [7, 11) is 3.69.